The van der Waals surface area contributed by atoms with Gasteiger partial charge in [-0.15, -0.1) is 0 Å². The molecule has 0 amide bonds. The third-order valence-electron chi connectivity index (χ3n) is 5.31. The van der Waals surface area contributed by atoms with Crippen molar-refractivity contribution in [3.63, 3.8) is 0 Å². The van der Waals surface area contributed by atoms with Gasteiger partial charge >= 0.3 is 0 Å². The Balaban J connectivity index is 1.21. The van der Waals surface area contributed by atoms with Gasteiger partial charge in [-0.25, -0.2) is 0 Å². The fourth-order valence-electron chi connectivity index (χ4n) is 3.57. The van der Waals surface area contributed by atoms with Crippen molar-refractivity contribution in [1.29, 1.82) is 0 Å². The molecule has 0 radical (unpaired) electrons. The molecule has 2 aromatic carbocycles. The van der Waals surface area contributed by atoms with Gasteiger partial charge in [-0.3, -0.25) is 19.8 Å². The fourth-order valence-corrected chi connectivity index (χ4v) is 3.74. The maximum atomic E-state index is 6.07. The molecular formula is C25H29ClN6O. The van der Waals surface area contributed by atoms with Crippen molar-refractivity contribution in [2.24, 2.45) is 0 Å². The lowest BCUT2D eigenvalue weighted by atomic mass is 10.1. The van der Waals surface area contributed by atoms with Crippen LogP contribution in [-0.2, 0) is 4.74 Å². The second kappa shape index (κ2) is 10.8. The molecule has 0 spiro atoms. The van der Waals surface area contributed by atoms with Crippen LogP contribution in [0.2, 0.25) is 5.02 Å². The number of nitrogens with one attached hydrogen (secondary N) is 2. The molecule has 0 saturated heterocycles. The zero-order valence-electron chi connectivity index (χ0n) is 19.2. The summed E-state index contributed by atoms with van der Waals surface area (Å²) in [5.41, 5.74) is 5.16. The van der Waals surface area contributed by atoms with E-state index in [0.29, 0.717) is 31.8 Å². The van der Waals surface area contributed by atoms with Crippen LogP contribution in [0.5, 0.6) is 0 Å². The number of pyridine rings is 2. The monoisotopic (exact) mass is 464 g/mol. The van der Waals surface area contributed by atoms with E-state index in [4.69, 9.17) is 16.3 Å². The van der Waals surface area contributed by atoms with E-state index in [2.05, 4.69) is 55.5 Å². The summed E-state index contributed by atoms with van der Waals surface area (Å²) in [4.78, 5) is 13.0. The molecule has 8 heteroatoms. The highest BCUT2D eigenvalue weighted by atomic mass is 35.5. The van der Waals surface area contributed by atoms with Gasteiger partial charge in [0.1, 0.15) is 13.5 Å². The summed E-state index contributed by atoms with van der Waals surface area (Å²) in [6, 6.07) is 16.0. The Bertz CT molecular complexity index is 1140. The minimum absolute atomic E-state index is 0.504. The predicted octanol–water partition coefficient (Wildman–Crippen LogP) is 4.98. The highest BCUT2D eigenvalue weighted by molar-refractivity contribution is 6.31. The highest BCUT2D eigenvalue weighted by Gasteiger charge is 2.06. The Morgan fingerprint density at radius 2 is 1.33 bits per heavy atom. The van der Waals surface area contributed by atoms with Crippen LogP contribution in [0.1, 0.15) is 5.56 Å². The van der Waals surface area contributed by atoms with E-state index >= 15 is 0 Å². The third kappa shape index (κ3) is 6.09. The molecule has 2 heterocycles. The molecule has 7 nitrogen and oxygen atoms in total. The van der Waals surface area contributed by atoms with Crippen molar-refractivity contribution in [3.8, 4) is 0 Å². The van der Waals surface area contributed by atoms with Crippen molar-refractivity contribution >= 4 is 44.8 Å². The first-order chi connectivity index (χ1) is 16.0. The van der Waals surface area contributed by atoms with E-state index in [1.54, 1.807) is 6.20 Å². The van der Waals surface area contributed by atoms with Crippen LogP contribution in [0.3, 0.4) is 0 Å². The van der Waals surface area contributed by atoms with Crippen LogP contribution in [0, 0.1) is 6.92 Å². The third-order valence-corrected chi connectivity index (χ3v) is 5.54. The van der Waals surface area contributed by atoms with Gasteiger partial charge < -0.3 is 15.4 Å². The average molecular weight is 465 g/mol. The molecule has 0 aliphatic heterocycles. The molecule has 172 valence electrons. The average Bonchev–Trinajstić information content (AvgIpc) is 2.80. The molecule has 33 heavy (non-hydrogen) atoms. The van der Waals surface area contributed by atoms with Gasteiger partial charge in [0.25, 0.3) is 0 Å². The summed E-state index contributed by atoms with van der Waals surface area (Å²) >= 11 is 6.07. The van der Waals surface area contributed by atoms with Crippen molar-refractivity contribution in [1.82, 2.24) is 19.8 Å². The number of rotatable bonds is 10. The molecule has 4 rings (SSSR count). The molecule has 2 N–H and O–H groups in total. The van der Waals surface area contributed by atoms with Gasteiger partial charge in [-0.2, -0.15) is 0 Å². The minimum atomic E-state index is 0.504. The summed E-state index contributed by atoms with van der Waals surface area (Å²) in [5.74, 6) is 0. The summed E-state index contributed by atoms with van der Waals surface area (Å²) in [5, 5.41) is 9.77. The number of nitrogens with zero attached hydrogens (tertiary/aromatic N) is 4. The quantitative estimate of drug-likeness (QED) is 0.321. The number of aromatic nitrogens is 2. The predicted molar refractivity (Wildman–Crippen MR) is 137 cm³/mol. The molecule has 0 aliphatic carbocycles. The smallest absolute Gasteiger partial charge is 0.102 e. The second-order valence-electron chi connectivity index (χ2n) is 8.24. The lowest BCUT2D eigenvalue weighted by Gasteiger charge is -2.22. The summed E-state index contributed by atoms with van der Waals surface area (Å²) in [6.07, 6.45) is 3.62. The second-order valence-corrected chi connectivity index (χ2v) is 8.68. The van der Waals surface area contributed by atoms with Gasteiger partial charge in [-0.05, 0) is 63.0 Å². The van der Waals surface area contributed by atoms with E-state index in [1.165, 1.54) is 5.56 Å². The molecule has 0 aliphatic rings. The fraction of sp³-hybridized carbons (Fsp3) is 0.280. The summed E-state index contributed by atoms with van der Waals surface area (Å²) in [6.45, 7) is 4.40. The molecule has 0 fully saturated rings. The molecule has 0 saturated carbocycles. The zero-order valence-corrected chi connectivity index (χ0v) is 19.9. The van der Waals surface area contributed by atoms with Gasteiger partial charge in [0.05, 0.1) is 24.4 Å². The molecule has 0 unspecified atom stereocenters. The van der Waals surface area contributed by atoms with Gasteiger partial charge in [-0.1, -0.05) is 23.7 Å². The van der Waals surface area contributed by atoms with E-state index in [0.717, 1.165) is 33.2 Å². The summed E-state index contributed by atoms with van der Waals surface area (Å²) < 4.78 is 5.87. The lowest BCUT2D eigenvalue weighted by Crippen LogP contribution is -2.33. The van der Waals surface area contributed by atoms with Crippen molar-refractivity contribution in [2.45, 2.75) is 6.92 Å². The van der Waals surface area contributed by atoms with Crippen LogP contribution in [0.15, 0.2) is 60.9 Å². The van der Waals surface area contributed by atoms with E-state index in [9.17, 15) is 0 Å². The Hall–Kier alpha value is -2.97. The topological polar surface area (TPSA) is 65.6 Å². The number of benzene rings is 2. The molecule has 2 aromatic heterocycles. The van der Waals surface area contributed by atoms with Gasteiger partial charge in [0.15, 0.2) is 0 Å². The Morgan fingerprint density at radius 3 is 1.94 bits per heavy atom. The molecule has 4 aromatic rings. The van der Waals surface area contributed by atoms with Crippen LogP contribution < -0.4 is 10.6 Å². The van der Waals surface area contributed by atoms with E-state index < -0.39 is 0 Å². The Morgan fingerprint density at radius 1 is 0.788 bits per heavy atom. The number of ether oxygens (including phenoxy) is 1. The van der Waals surface area contributed by atoms with Crippen LogP contribution in [0.4, 0.5) is 11.4 Å². The number of anilines is 2. The number of halogens is 1. The van der Waals surface area contributed by atoms with Crippen LogP contribution in [0.25, 0.3) is 21.8 Å². The maximum Gasteiger partial charge on any atom is 0.102 e. The Labute approximate surface area is 199 Å². The highest BCUT2D eigenvalue weighted by Crippen LogP contribution is 2.24. The van der Waals surface area contributed by atoms with E-state index in [-0.39, 0.29) is 0 Å². The summed E-state index contributed by atoms with van der Waals surface area (Å²) in [7, 11) is 4.03. The van der Waals surface area contributed by atoms with Crippen LogP contribution in [-0.4, -0.2) is 60.7 Å². The number of hydrogen-bond donors (Lipinski definition) is 2. The number of fused-ring (bicyclic) bond motifs is 2. The lowest BCUT2D eigenvalue weighted by molar-refractivity contribution is -0.00862. The maximum absolute atomic E-state index is 6.07. The van der Waals surface area contributed by atoms with E-state index in [1.807, 2.05) is 50.6 Å². The Kier molecular flexibility index (Phi) is 7.57. The standard InChI is InChI=1S/C25H29ClN6O/c1-18-4-6-20-22(8-10-27-24(20)12-18)29-14-31(2)16-33-17-32(3)15-30-23-9-11-28-25-13-19(26)5-7-21(23)25/h4-13H,14-17H2,1-3H3,(H,27,29)(H,28,30). The largest absolute Gasteiger partial charge is 0.372 e. The van der Waals surface area contributed by atoms with Crippen molar-refractivity contribution < 1.29 is 4.74 Å². The molecule has 0 bridgehead atoms. The van der Waals surface area contributed by atoms with Gasteiger partial charge in [0.2, 0.25) is 0 Å². The normalized spacial score (nSPS) is 11.6. The first kappa shape index (κ1) is 23.2. The van der Waals surface area contributed by atoms with Gasteiger partial charge in [0, 0.05) is 39.6 Å². The van der Waals surface area contributed by atoms with Crippen molar-refractivity contribution in [3.05, 3.63) is 71.5 Å². The zero-order chi connectivity index (χ0) is 23.2. The van der Waals surface area contributed by atoms with Crippen molar-refractivity contribution in [2.75, 3.05) is 51.5 Å². The molecule has 0 atom stereocenters. The number of hydrogen-bond acceptors (Lipinski definition) is 7. The first-order valence-corrected chi connectivity index (χ1v) is 11.2. The SMILES string of the molecule is Cc1ccc2c(NCN(C)COCN(C)CNc3ccnc4cc(Cl)ccc34)ccnc2c1. The number of aryl methyl sites for hydroxylation is 1. The van der Waals surface area contributed by atoms with Crippen LogP contribution >= 0.6 is 11.6 Å². The molecular weight excluding hydrogens is 436 g/mol. The first-order valence-electron chi connectivity index (χ1n) is 10.8. The minimum Gasteiger partial charge on any atom is -0.372 e.